The van der Waals surface area contributed by atoms with Gasteiger partial charge in [0.05, 0.1) is 24.2 Å². The molecule has 0 fully saturated rings. The fraction of sp³-hybridized carbons (Fsp3) is 0.382. The fourth-order valence-electron chi connectivity index (χ4n) is 5.75. The Bertz CT molecular complexity index is 1690. The van der Waals surface area contributed by atoms with Crippen molar-refractivity contribution in [3.8, 4) is 17.1 Å². The number of para-hydroxylation sites is 1. The predicted octanol–water partition coefficient (Wildman–Crippen LogP) is 5.39. The molecule has 0 spiro atoms. The van der Waals surface area contributed by atoms with Gasteiger partial charge >= 0.3 is 0 Å². The lowest BCUT2D eigenvalue weighted by Crippen LogP contribution is -2.18. The van der Waals surface area contributed by atoms with Crippen molar-refractivity contribution in [3.63, 3.8) is 0 Å². The molecule has 0 saturated carbocycles. The van der Waals surface area contributed by atoms with Crippen LogP contribution < -0.4 is 20.7 Å². The lowest BCUT2D eigenvalue weighted by atomic mass is 9.93. The van der Waals surface area contributed by atoms with E-state index in [9.17, 15) is 9.59 Å². The van der Waals surface area contributed by atoms with Crippen molar-refractivity contribution in [1.82, 2.24) is 24.6 Å². The zero-order valence-electron chi connectivity index (χ0n) is 27.0. The molecule has 0 aliphatic heterocycles. The molecule has 45 heavy (non-hydrogen) atoms. The van der Waals surface area contributed by atoms with Crippen molar-refractivity contribution in [2.24, 2.45) is 7.05 Å². The second kappa shape index (κ2) is 13.9. The summed E-state index contributed by atoms with van der Waals surface area (Å²) in [5.41, 5.74) is 8.23. The van der Waals surface area contributed by atoms with E-state index in [-0.39, 0.29) is 11.8 Å². The summed E-state index contributed by atoms with van der Waals surface area (Å²) in [6.07, 6.45) is 6.05. The number of fused-ring (bicyclic) bond motifs is 3. The summed E-state index contributed by atoms with van der Waals surface area (Å²) in [6, 6.07) is 11.6. The number of nitrogens with zero attached hydrogens (tertiary/aromatic N) is 5. The van der Waals surface area contributed by atoms with Crippen LogP contribution in [-0.2, 0) is 37.5 Å². The Kier molecular flexibility index (Phi) is 9.77. The molecule has 0 atom stereocenters. The molecular formula is C34H42N8O3. The number of nitrogens with one attached hydrogen (secondary N) is 3. The van der Waals surface area contributed by atoms with Crippen LogP contribution in [0.3, 0.4) is 0 Å². The number of amides is 2. The number of hydrogen-bond acceptors (Lipinski definition) is 8. The molecule has 236 valence electrons. The third-order valence-electron chi connectivity index (χ3n) is 8.07. The summed E-state index contributed by atoms with van der Waals surface area (Å²) in [5, 5.41) is 14.0. The van der Waals surface area contributed by atoms with Crippen LogP contribution in [0.1, 0.15) is 59.4 Å². The molecule has 2 amide bonds. The summed E-state index contributed by atoms with van der Waals surface area (Å²) in [7, 11) is 7.40. The first-order chi connectivity index (χ1) is 21.7. The number of rotatable bonds is 12. The molecule has 0 unspecified atom stereocenters. The van der Waals surface area contributed by atoms with E-state index in [4.69, 9.17) is 9.72 Å². The van der Waals surface area contributed by atoms with E-state index in [0.717, 1.165) is 65.1 Å². The molecule has 1 aliphatic rings. The molecule has 1 aliphatic carbocycles. The molecule has 3 N–H and O–H groups in total. The van der Waals surface area contributed by atoms with Gasteiger partial charge in [-0.25, -0.2) is 9.97 Å². The number of ether oxygens (including phenoxy) is 1. The van der Waals surface area contributed by atoms with Gasteiger partial charge in [0.25, 0.3) is 5.91 Å². The van der Waals surface area contributed by atoms with E-state index in [0.29, 0.717) is 48.0 Å². The van der Waals surface area contributed by atoms with Gasteiger partial charge in [-0.15, -0.1) is 0 Å². The summed E-state index contributed by atoms with van der Waals surface area (Å²) in [6.45, 7) is 5.03. The van der Waals surface area contributed by atoms with Gasteiger partial charge in [-0.05, 0) is 81.6 Å². The molecule has 0 radical (unpaired) electrons. The van der Waals surface area contributed by atoms with E-state index in [1.54, 1.807) is 17.9 Å². The van der Waals surface area contributed by atoms with Crippen LogP contribution in [0.5, 0.6) is 5.75 Å². The number of carbonyl (C=O) groups excluding carboxylic acids is 2. The lowest BCUT2D eigenvalue weighted by molar-refractivity contribution is -0.116. The smallest absolute Gasteiger partial charge is 0.276 e. The third-order valence-corrected chi connectivity index (χ3v) is 8.07. The average Bonchev–Trinajstić information content (AvgIpc) is 3.38. The first kappa shape index (κ1) is 31.6. The van der Waals surface area contributed by atoms with Crippen LogP contribution in [0.2, 0.25) is 0 Å². The van der Waals surface area contributed by atoms with Crippen LogP contribution in [0, 0.1) is 0 Å². The first-order valence-corrected chi connectivity index (χ1v) is 15.5. The Labute approximate surface area is 264 Å². The van der Waals surface area contributed by atoms with Gasteiger partial charge < -0.3 is 25.6 Å². The van der Waals surface area contributed by atoms with Crippen LogP contribution in [0.4, 0.5) is 23.0 Å². The van der Waals surface area contributed by atoms with E-state index >= 15 is 0 Å². The molecule has 11 heteroatoms. The van der Waals surface area contributed by atoms with Crippen molar-refractivity contribution in [2.75, 3.05) is 43.7 Å². The van der Waals surface area contributed by atoms with Crippen LogP contribution in [-0.4, -0.2) is 64.2 Å². The Balaban J connectivity index is 1.37. The lowest BCUT2D eigenvalue weighted by Gasteiger charge is -2.18. The topological polar surface area (TPSA) is 126 Å². The Morgan fingerprint density at radius 1 is 1.04 bits per heavy atom. The van der Waals surface area contributed by atoms with E-state index in [1.807, 2.05) is 45.5 Å². The third kappa shape index (κ3) is 6.99. The molecule has 2 aromatic heterocycles. The molecule has 11 nitrogen and oxygen atoms in total. The van der Waals surface area contributed by atoms with Gasteiger partial charge in [0.1, 0.15) is 5.75 Å². The highest BCUT2D eigenvalue weighted by Crippen LogP contribution is 2.36. The maximum absolute atomic E-state index is 13.6. The molecule has 5 rings (SSSR count). The number of anilines is 4. The molecule has 2 heterocycles. The Morgan fingerprint density at radius 3 is 2.49 bits per heavy atom. The maximum Gasteiger partial charge on any atom is 0.276 e. The molecule has 2 aromatic carbocycles. The number of aromatic nitrogens is 4. The normalized spacial score (nSPS) is 12.0. The van der Waals surface area contributed by atoms with E-state index < -0.39 is 0 Å². The standard InChI is InChI=1S/C34H42N8O3/c1-7-21-11-9-12-22(8-2)29(21)38-33(44)31-25-16-14-23-20-35-34(39-30(23)32(25)42(5)40-31)37-26-17-15-24(19-27(26)45-6)36-28(43)13-10-18-41(3)4/h9,11-12,15,17,19-20H,7-8,10,13-14,16,18H2,1-6H3,(H,36,43)(H,38,44)(H,35,37,39). The Morgan fingerprint density at radius 2 is 1.80 bits per heavy atom. The van der Waals surface area contributed by atoms with Crippen LogP contribution in [0.25, 0.3) is 11.4 Å². The summed E-state index contributed by atoms with van der Waals surface area (Å²) >= 11 is 0. The number of methoxy groups -OCH3 is 1. The number of hydrogen-bond donors (Lipinski definition) is 3. The first-order valence-electron chi connectivity index (χ1n) is 15.5. The van der Waals surface area contributed by atoms with Gasteiger partial charge in [0.15, 0.2) is 5.69 Å². The van der Waals surface area contributed by atoms with Gasteiger partial charge in [-0.3, -0.25) is 14.3 Å². The summed E-state index contributed by atoms with van der Waals surface area (Å²) < 4.78 is 7.36. The number of aryl methyl sites for hydroxylation is 4. The highest BCUT2D eigenvalue weighted by atomic mass is 16.5. The van der Waals surface area contributed by atoms with Gasteiger partial charge in [-0.1, -0.05) is 32.0 Å². The van der Waals surface area contributed by atoms with Crippen LogP contribution >= 0.6 is 0 Å². The van der Waals surface area contributed by atoms with Crippen molar-refractivity contribution in [2.45, 2.75) is 52.4 Å². The zero-order valence-corrected chi connectivity index (χ0v) is 27.0. The fourth-order valence-corrected chi connectivity index (χ4v) is 5.75. The maximum atomic E-state index is 13.6. The zero-order chi connectivity index (χ0) is 32.1. The summed E-state index contributed by atoms with van der Waals surface area (Å²) in [4.78, 5) is 37.5. The second-order valence-electron chi connectivity index (χ2n) is 11.5. The minimum atomic E-state index is -0.215. The van der Waals surface area contributed by atoms with Crippen molar-refractivity contribution in [3.05, 3.63) is 70.5 Å². The second-order valence-corrected chi connectivity index (χ2v) is 11.5. The molecule has 4 aromatic rings. The number of benzene rings is 2. The SMILES string of the molecule is CCc1cccc(CC)c1NC(=O)c1nn(C)c2c1CCc1cnc(Nc3ccc(NC(=O)CCCN(C)C)cc3OC)nc1-2. The predicted molar refractivity (Wildman–Crippen MR) is 177 cm³/mol. The van der Waals surface area contributed by atoms with E-state index in [2.05, 4.69) is 56.9 Å². The van der Waals surface area contributed by atoms with Gasteiger partial charge in [0, 0.05) is 42.7 Å². The van der Waals surface area contributed by atoms with Crippen molar-refractivity contribution in [1.29, 1.82) is 0 Å². The Hall–Kier alpha value is -4.77. The highest BCUT2D eigenvalue weighted by molar-refractivity contribution is 6.06. The quantitative estimate of drug-likeness (QED) is 0.195. The van der Waals surface area contributed by atoms with Crippen molar-refractivity contribution >= 4 is 34.8 Å². The van der Waals surface area contributed by atoms with Crippen LogP contribution in [0.15, 0.2) is 42.6 Å². The molecular weight excluding hydrogens is 568 g/mol. The minimum Gasteiger partial charge on any atom is -0.494 e. The monoisotopic (exact) mass is 610 g/mol. The molecule has 0 bridgehead atoms. The van der Waals surface area contributed by atoms with Crippen molar-refractivity contribution < 1.29 is 14.3 Å². The largest absolute Gasteiger partial charge is 0.494 e. The highest BCUT2D eigenvalue weighted by Gasteiger charge is 2.29. The molecule has 0 saturated heterocycles. The minimum absolute atomic E-state index is 0.0435. The van der Waals surface area contributed by atoms with E-state index in [1.165, 1.54) is 0 Å². The average molecular weight is 611 g/mol. The van der Waals surface area contributed by atoms with Gasteiger partial charge in [-0.2, -0.15) is 5.10 Å². The summed E-state index contributed by atoms with van der Waals surface area (Å²) in [5.74, 6) is 0.671. The number of carbonyl (C=O) groups is 2. The van der Waals surface area contributed by atoms with Gasteiger partial charge in [0.2, 0.25) is 11.9 Å².